The molecule has 4 heteroatoms. The Kier molecular flexibility index (Phi) is 3.92. The number of hydrogen-bond donors (Lipinski definition) is 1. The summed E-state index contributed by atoms with van der Waals surface area (Å²) in [5.74, 6) is 0.183. The number of para-hydroxylation sites is 1. The van der Waals surface area contributed by atoms with Gasteiger partial charge in [-0.15, -0.1) is 0 Å². The van der Waals surface area contributed by atoms with Crippen molar-refractivity contribution in [2.24, 2.45) is 0 Å². The van der Waals surface area contributed by atoms with E-state index in [4.69, 9.17) is 16.0 Å². The van der Waals surface area contributed by atoms with Gasteiger partial charge in [-0.05, 0) is 19.4 Å². The molecular weight excluding hydrogens is 250 g/mol. The van der Waals surface area contributed by atoms with Crippen molar-refractivity contribution in [2.45, 2.75) is 26.7 Å². The smallest absolute Gasteiger partial charge is 0.287 e. The second kappa shape index (κ2) is 5.44. The fraction of sp³-hybridized carbons (Fsp3) is 0.357. The number of fused-ring (bicyclic) bond motifs is 1. The SMILES string of the molecule is CCCCNC(=O)c1oc2c(Cl)cccc2c1C. The van der Waals surface area contributed by atoms with E-state index < -0.39 is 0 Å². The molecule has 3 nitrogen and oxygen atoms in total. The van der Waals surface area contributed by atoms with Gasteiger partial charge in [0.25, 0.3) is 5.91 Å². The number of nitrogens with one attached hydrogen (secondary N) is 1. The molecule has 0 saturated heterocycles. The number of halogens is 1. The molecule has 1 N–H and O–H groups in total. The Balaban J connectivity index is 2.31. The highest BCUT2D eigenvalue weighted by molar-refractivity contribution is 6.35. The lowest BCUT2D eigenvalue weighted by Crippen LogP contribution is -2.24. The highest BCUT2D eigenvalue weighted by Crippen LogP contribution is 2.30. The molecule has 2 rings (SSSR count). The number of furan rings is 1. The quantitative estimate of drug-likeness (QED) is 0.851. The maximum absolute atomic E-state index is 12.0. The molecule has 0 radical (unpaired) electrons. The Morgan fingerprint density at radius 1 is 1.44 bits per heavy atom. The lowest BCUT2D eigenvalue weighted by atomic mass is 10.1. The second-order valence-electron chi connectivity index (χ2n) is 4.28. The number of rotatable bonds is 4. The maximum Gasteiger partial charge on any atom is 0.287 e. The molecule has 1 amide bonds. The maximum atomic E-state index is 12.0. The van der Waals surface area contributed by atoms with Gasteiger partial charge in [0, 0.05) is 17.5 Å². The Bertz CT molecular complexity index is 574. The minimum absolute atomic E-state index is 0.173. The molecule has 0 saturated carbocycles. The Labute approximate surface area is 111 Å². The van der Waals surface area contributed by atoms with Crippen molar-refractivity contribution in [2.75, 3.05) is 6.54 Å². The molecule has 96 valence electrons. The van der Waals surface area contributed by atoms with E-state index in [9.17, 15) is 4.79 Å². The summed E-state index contributed by atoms with van der Waals surface area (Å²) >= 11 is 6.05. The van der Waals surface area contributed by atoms with Gasteiger partial charge in [0.1, 0.15) is 0 Å². The molecule has 1 aromatic heterocycles. The zero-order chi connectivity index (χ0) is 13.1. The van der Waals surface area contributed by atoms with Crippen molar-refractivity contribution >= 4 is 28.5 Å². The first-order chi connectivity index (χ1) is 8.65. The summed E-state index contributed by atoms with van der Waals surface area (Å²) in [5, 5.41) is 4.27. The van der Waals surface area contributed by atoms with E-state index in [1.54, 1.807) is 6.07 Å². The van der Waals surface area contributed by atoms with Crippen LogP contribution in [0.5, 0.6) is 0 Å². The standard InChI is InChI=1S/C14H16ClNO2/c1-3-4-8-16-14(17)12-9(2)10-6-5-7-11(15)13(10)18-12/h5-7H,3-4,8H2,1-2H3,(H,16,17). The van der Waals surface area contributed by atoms with Crippen LogP contribution in [0.15, 0.2) is 22.6 Å². The van der Waals surface area contributed by atoms with Crippen LogP contribution in [0.1, 0.15) is 35.9 Å². The average molecular weight is 266 g/mol. The number of aryl methyl sites for hydroxylation is 1. The fourth-order valence-corrected chi connectivity index (χ4v) is 2.10. The van der Waals surface area contributed by atoms with E-state index >= 15 is 0 Å². The predicted octanol–water partition coefficient (Wildman–Crippen LogP) is 3.92. The van der Waals surface area contributed by atoms with Crippen molar-refractivity contribution in [3.05, 3.63) is 34.5 Å². The second-order valence-corrected chi connectivity index (χ2v) is 4.69. The third kappa shape index (κ3) is 2.36. The Hall–Kier alpha value is -1.48. The van der Waals surface area contributed by atoms with Gasteiger partial charge in [-0.1, -0.05) is 37.1 Å². The van der Waals surface area contributed by atoms with E-state index in [1.165, 1.54) is 0 Å². The molecule has 0 aliphatic rings. The molecule has 0 unspecified atom stereocenters. The van der Waals surface area contributed by atoms with Crippen LogP contribution in [0.4, 0.5) is 0 Å². The first-order valence-corrected chi connectivity index (χ1v) is 6.48. The fourth-order valence-electron chi connectivity index (χ4n) is 1.88. The van der Waals surface area contributed by atoms with Gasteiger partial charge < -0.3 is 9.73 Å². The molecule has 18 heavy (non-hydrogen) atoms. The van der Waals surface area contributed by atoms with Crippen molar-refractivity contribution in [3.63, 3.8) is 0 Å². The summed E-state index contributed by atoms with van der Waals surface area (Å²) in [7, 11) is 0. The normalized spacial score (nSPS) is 10.8. The highest BCUT2D eigenvalue weighted by Gasteiger charge is 2.18. The zero-order valence-corrected chi connectivity index (χ0v) is 11.3. The number of unbranched alkanes of at least 4 members (excludes halogenated alkanes) is 1. The molecule has 0 aliphatic carbocycles. The topological polar surface area (TPSA) is 42.2 Å². The third-order valence-electron chi connectivity index (χ3n) is 2.94. The zero-order valence-electron chi connectivity index (χ0n) is 10.5. The first kappa shape index (κ1) is 13.0. The number of hydrogen-bond acceptors (Lipinski definition) is 2. The summed E-state index contributed by atoms with van der Waals surface area (Å²) in [5.41, 5.74) is 1.42. The van der Waals surface area contributed by atoms with Gasteiger partial charge >= 0.3 is 0 Å². The van der Waals surface area contributed by atoms with Crippen LogP contribution in [0, 0.1) is 6.92 Å². The van der Waals surface area contributed by atoms with E-state index in [2.05, 4.69) is 12.2 Å². The number of carbonyl (C=O) groups excluding carboxylic acids is 1. The molecule has 0 atom stereocenters. The van der Waals surface area contributed by atoms with Crippen molar-refractivity contribution in [3.8, 4) is 0 Å². The van der Waals surface area contributed by atoms with Crippen LogP contribution in [-0.2, 0) is 0 Å². The molecule has 1 aromatic carbocycles. The van der Waals surface area contributed by atoms with Gasteiger partial charge in [0.05, 0.1) is 5.02 Å². The number of amides is 1. The molecule has 0 spiro atoms. The molecule has 1 heterocycles. The van der Waals surface area contributed by atoms with Crippen LogP contribution in [0.2, 0.25) is 5.02 Å². The molecular formula is C14H16ClNO2. The number of carbonyl (C=O) groups is 1. The van der Waals surface area contributed by atoms with Crippen LogP contribution < -0.4 is 5.32 Å². The lowest BCUT2D eigenvalue weighted by molar-refractivity contribution is 0.0927. The van der Waals surface area contributed by atoms with Crippen molar-refractivity contribution < 1.29 is 9.21 Å². The summed E-state index contributed by atoms with van der Waals surface area (Å²) in [6.07, 6.45) is 2.01. The van der Waals surface area contributed by atoms with E-state index in [0.717, 1.165) is 23.8 Å². The molecule has 2 aromatic rings. The summed E-state index contributed by atoms with van der Waals surface area (Å²) in [6.45, 7) is 4.62. The van der Waals surface area contributed by atoms with Crippen LogP contribution in [-0.4, -0.2) is 12.5 Å². The van der Waals surface area contributed by atoms with Gasteiger partial charge in [0.15, 0.2) is 11.3 Å². The highest BCUT2D eigenvalue weighted by atomic mass is 35.5. The molecule has 0 aliphatic heterocycles. The minimum atomic E-state index is -0.173. The van der Waals surface area contributed by atoms with E-state index in [0.29, 0.717) is 22.9 Å². The monoisotopic (exact) mass is 265 g/mol. The van der Waals surface area contributed by atoms with E-state index in [1.807, 2.05) is 19.1 Å². The van der Waals surface area contributed by atoms with E-state index in [-0.39, 0.29) is 5.91 Å². The van der Waals surface area contributed by atoms with Gasteiger partial charge in [-0.3, -0.25) is 4.79 Å². The summed E-state index contributed by atoms with van der Waals surface area (Å²) in [6, 6.07) is 5.51. The van der Waals surface area contributed by atoms with Crippen LogP contribution in [0.25, 0.3) is 11.0 Å². The number of benzene rings is 1. The van der Waals surface area contributed by atoms with Crippen LogP contribution >= 0.6 is 11.6 Å². The molecule has 0 bridgehead atoms. The van der Waals surface area contributed by atoms with Gasteiger partial charge in [-0.2, -0.15) is 0 Å². The summed E-state index contributed by atoms with van der Waals surface area (Å²) < 4.78 is 5.58. The Morgan fingerprint density at radius 2 is 2.22 bits per heavy atom. The third-order valence-corrected chi connectivity index (χ3v) is 3.24. The summed E-state index contributed by atoms with van der Waals surface area (Å²) in [4.78, 5) is 12.0. The minimum Gasteiger partial charge on any atom is -0.449 e. The first-order valence-electron chi connectivity index (χ1n) is 6.11. The van der Waals surface area contributed by atoms with Crippen molar-refractivity contribution in [1.82, 2.24) is 5.32 Å². The molecule has 0 fully saturated rings. The van der Waals surface area contributed by atoms with Gasteiger partial charge in [0.2, 0.25) is 0 Å². The predicted molar refractivity (Wildman–Crippen MR) is 73.2 cm³/mol. The van der Waals surface area contributed by atoms with Crippen LogP contribution in [0.3, 0.4) is 0 Å². The lowest BCUT2D eigenvalue weighted by Gasteiger charge is -2.01. The Morgan fingerprint density at radius 3 is 2.89 bits per heavy atom. The average Bonchev–Trinajstić information content (AvgIpc) is 2.69. The van der Waals surface area contributed by atoms with Crippen molar-refractivity contribution in [1.29, 1.82) is 0 Å². The van der Waals surface area contributed by atoms with Gasteiger partial charge in [-0.25, -0.2) is 0 Å². The largest absolute Gasteiger partial charge is 0.449 e.